The van der Waals surface area contributed by atoms with Gasteiger partial charge in [-0.15, -0.1) is 11.3 Å². The Bertz CT molecular complexity index is 703. The van der Waals surface area contributed by atoms with E-state index in [1.54, 1.807) is 31.0 Å². The Morgan fingerprint density at radius 2 is 2.04 bits per heavy atom. The van der Waals surface area contributed by atoms with Crippen molar-refractivity contribution in [3.05, 3.63) is 45.6 Å². The van der Waals surface area contributed by atoms with Crippen LogP contribution < -0.4 is 9.47 Å². The zero-order valence-corrected chi connectivity index (χ0v) is 14.5. The molecule has 0 radical (unpaired) electrons. The van der Waals surface area contributed by atoms with E-state index in [4.69, 9.17) is 4.74 Å². The Hall–Kier alpha value is -2.15. The maximum Gasteiger partial charge on any atom is 0.387 e. The van der Waals surface area contributed by atoms with Crippen molar-refractivity contribution < 1.29 is 23.0 Å². The molecule has 0 aliphatic carbocycles. The summed E-state index contributed by atoms with van der Waals surface area (Å²) in [6, 6.07) is 6.59. The number of amides is 1. The molecule has 0 aliphatic heterocycles. The molecule has 24 heavy (non-hydrogen) atoms. The van der Waals surface area contributed by atoms with E-state index in [0.29, 0.717) is 18.0 Å². The van der Waals surface area contributed by atoms with Gasteiger partial charge in [0.2, 0.25) is 0 Å². The first-order valence-corrected chi connectivity index (χ1v) is 8.30. The second-order valence-corrected chi connectivity index (χ2v) is 6.10. The topological polar surface area (TPSA) is 38.8 Å². The quantitative estimate of drug-likeness (QED) is 0.742. The maximum atomic E-state index is 12.4. The van der Waals surface area contributed by atoms with E-state index in [1.165, 1.54) is 17.4 Å². The van der Waals surface area contributed by atoms with Crippen LogP contribution in [-0.4, -0.2) is 31.1 Å². The zero-order valence-electron chi connectivity index (χ0n) is 13.7. The molecule has 4 nitrogen and oxygen atoms in total. The average Bonchev–Trinajstić information content (AvgIpc) is 2.95. The number of carbonyl (C=O) groups excluding carboxylic acids is 1. The highest BCUT2D eigenvalue weighted by Crippen LogP contribution is 2.30. The molecule has 0 N–H and O–H groups in total. The molecule has 0 aliphatic rings. The molecular formula is C17H19F2NO3S. The van der Waals surface area contributed by atoms with Gasteiger partial charge in [0.25, 0.3) is 5.91 Å². The molecule has 7 heteroatoms. The van der Waals surface area contributed by atoms with Crippen molar-refractivity contribution in [2.75, 3.05) is 13.7 Å². The van der Waals surface area contributed by atoms with Crippen molar-refractivity contribution >= 4 is 17.2 Å². The van der Waals surface area contributed by atoms with Crippen molar-refractivity contribution in [1.29, 1.82) is 0 Å². The molecule has 2 aromatic rings. The second-order valence-electron chi connectivity index (χ2n) is 5.19. The van der Waals surface area contributed by atoms with E-state index in [2.05, 4.69) is 4.74 Å². The third kappa shape index (κ3) is 4.44. The Morgan fingerprint density at radius 3 is 2.62 bits per heavy atom. The SMILES string of the molecule is CCOc1cc(CN(C)C(=O)c2sccc2C)ccc1OC(F)F. The van der Waals surface area contributed by atoms with Gasteiger partial charge in [-0.2, -0.15) is 8.78 Å². The van der Waals surface area contributed by atoms with E-state index in [1.807, 2.05) is 18.4 Å². The van der Waals surface area contributed by atoms with Crippen LogP contribution in [0.2, 0.25) is 0 Å². The predicted molar refractivity (Wildman–Crippen MR) is 89.1 cm³/mol. The monoisotopic (exact) mass is 355 g/mol. The van der Waals surface area contributed by atoms with Crippen LogP contribution in [0, 0.1) is 6.92 Å². The largest absolute Gasteiger partial charge is 0.490 e. The summed E-state index contributed by atoms with van der Waals surface area (Å²) in [4.78, 5) is 14.7. The fourth-order valence-corrected chi connectivity index (χ4v) is 3.14. The lowest BCUT2D eigenvalue weighted by molar-refractivity contribution is -0.0514. The molecule has 0 saturated heterocycles. The normalized spacial score (nSPS) is 10.8. The fraction of sp³-hybridized carbons (Fsp3) is 0.353. The highest BCUT2D eigenvalue weighted by molar-refractivity contribution is 7.12. The molecule has 0 spiro atoms. The van der Waals surface area contributed by atoms with Crippen LogP contribution in [0.5, 0.6) is 11.5 Å². The average molecular weight is 355 g/mol. The van der Waals surface area contributed by atoms with Crippen LogP contribution in [0.4, 0.5) is 8.78 Å². The second kappa shape index (κ2) is 8.10. The lowest BCUT2D eigenvalue weighted by Crippen LogP contribution is -2.26. The van der Waals surface area contributed by atoms with Gasteiger partial charge in [0.05, 0.1) is 11.5 Å². The Labute approximate surface area is 143 Å². The van der Waals surface area contributed by atoms with Crippen molar-refractivity contribution in [1.82, 2.24) is 4.90 Å². The Balaban J connectivity index is 2.15. The van der Waals surface area contributed by atoms with Gasteiger partial charge in [0, 0.05) is 13.6 Å². The molecule has 2 rings (SSSR count). The highest BCUT2D eigenvalue weighted by Gasteiger charge is 2.17. The summed E-state index contributed by atoms with van der Waals surface area (Å²) in [6.07, 6.45) is 0. The zero-order chi connectivity index (χ0) is 17.7. The smallest absolute Gasteiger partial charge is 0.387 e. The number of aryl methyl sites for hydroxylation is 1. The summed E-state index contributed by atoms with van der Waals surface area (Å²) < 4.78 is 34.6. The highest BCUT2D eigenvalue weighted by atomic mass is 32.1. The molecule has 130 valence electrons. The predicted octanol–water partition coefficient (Wildman–Crippen LogP) is 4.33. The lowest BCUT2D eigenvalue weighted by atomic mass is 10.2. The van der Waals surface area contributed by atoms with Crippen LogP contribution in [0.25, 0.3) is 0 Å². The van der Waals surface area contributed by atoms with Crippen molar-refractivity contribution in [2.24, 2.45) is 0 Å². The number of thiophene rings is 1. The summed E-state index contributed by atoms with van der Waals surface area (Å²) in [5, 5.41) is 1.88. The summed E-state index contributed by atoms with van der Waals surface area (Å²) in [5.41, 5.74) is 1.71. The molecule has 0 atom stereocenters. The minimum absolute atomic E-state index is 0.0151. The number of carbonyl (C=O) groups is 1. The van der Waals surface area contributed by atoms with Gasteiger partial charge in [-0.05, 0) is 48.6 Å². The fourth-order valence-electron chi connectivity index (χ4n) is 2.22. The van der Waals surface area contributed by atoms with E-state index in [-0.39, 0.29) is 17.4 Å². The van der Waals surface area contributed by atoms with Gasteiger partial charge in [0.15, 0.2) is 11.5 Å². The summed E-state index contributed by atoms with van der Waals surface area (Å²) in [7, 11) is 1.70. The molecule has 1 aromatic carbocycles. The molecule has 1 aromatic heterocycles. The van der Waals surface area contributed by atoms with Crippen molar-refractivity contribution in [3.63, 3.8) is 0 Å². The molecule has 0 unspecified atom stereocenters. The number of benzene rings is 1. The third-order valence-corrected chi connectivity index (χ3v) is 4.35. The number of halogens is 2. The van der Waals surface area contributed by atoms with Gasteiger partial charge in [-0.3, -0.25) is 4.79 Å². The first-order chi connectivity index (χ1) is 11.4. The van der Waals surface area contributed by atoms with E-state index in [9.17, 15) is 13.6 Å². The number of alkyl halides is 2. The molecule has 0 bridgehead atoms. The van der Waals surface area contributed by atoms with Crippen molar-refractivity contribution in [3.8, 4) is 11.5 Å². The van der Waals surface area contributed by atoms with E-state index in [0.717, 1.165) is 11.1 Å². The summed E-state index contributed by atoms with van der Waals surface area (Å²) in [6.45, 7) is 1.40. The third-order valence-electron chi connectivity index (χ3n) is 3.35. The van der Waals surface area contributed by atoms with Crippen LogP contribution in [-0.2, 0) is 6.54 Å². The Kier molecular flexibility index (Phi) is 6.14. The lowest BCUT2D eigenvalue weighted by Gasteiger charge is -2.18. The van der Waals surface area contributed by atoms with E-state index < -0.39 is 6.61 Å². The summed E-state index contributed by atoms with van der Waals surface area (Å²) in [5.74, 6) is 0.149. The van der Waals surface area contributed by atoms with Crippen LogP contribution in [0.3, 0.4) is 0 Å². The number of ether oxygens (including phenoxy) is 2. The molecule has 1 heterocycles. The minimum Gasteiger partial charge on any atom is -0.490 e. The van der Waals surface area contributed by atoms with Gasteiger partial charge >= 0.3 is 6.61 Å². The van der Waals surface area contributed by atoms with Crippen molar-refractivity contribution in [2.45, 2.75) is 27.0 Å². The van der Waals surface area contributed by atoms with Crippen LogP contribution in [0.15, 0.2) is 29.6 Å². The van der Waals surface area contributed by atoms with E-state index >= 15 is 0 Å². The maximum absolute atomic E-state index is 12.4. The van der Waals surface area contributed by atoms with Crippen LogP contribution in [0.1, 0.15) is 27.7 Å². The number of rotatable bonds is 7. The van der Waals surface area contributed by atoms with Gasteiger partial charge in [-0.25, -0.2) is 0 Å². The number of hydrogen-bond acceptors (Lipinski definition) is 4. The minimum atomic E-state index is -2.92. The van der Waals surface area contributed by atoms with Crippen LogP contribution >= 0.6 is 11.3 Å². The Morgan fingerprint density at radius 1 is 1.29 bits per heavy atom. The molecule has 0 saturated carbocycles. The molecular weight excluding hydrogens is 336 g/mol. The van der Waals surface area contributed by atoms with Gasteiger partial charge in [0.1, 0.15) is 0 Å². The van der Waals surface area contributed by atoms with Gasteiger partial charge < -0.3 is 14.4 Å². The number of hydrogen-bond donors (Lipinski definition) is 0. The molecule has 0 fully saturated rings. The first-order valence-electron chi connectivity index (χ1n) is 7.42. The number of nitrogens with zero attached hydrogens (tertiary/aromatic N) is 1. The van der Waals surface area contributed by atoms with Gasteiger partial charge in [-0.1, -0.05) is 6.07 Å². The first kappa shape index (κ1) is 18.2. The standard InChI is InChI=1S/C17H19F2NO3S/c1-4-22-14-9-12(5-6-13(14)23-17(18)19)10-20(3)16(21)15-11(2)7-8-24-15/h5-9,17H,4,10H2,1-3H3. The summed E-state index contributed by atoms with van der Waals surface area (Å²) >= 11 is 1.40. The molecule has 1 amide bonds.